The average molecular weight is 344 g/mol. The van der Waals surface area contributed by atoms with Crippen molar-refractivity contribution in [2.75, 3.05) is 0 Å². The monoisotopic (exact) mass is 343 g/mol. The molecular formula is C14H16BrF2N3. The summed E-state index contributed by atoms with van der Waals surface area (Å²) >= 11 is 3.06. The summed E-state index contributed by atoms with van der Waals surface area (Å²) in [6.07, 6.45) is 0.0856. The standard InChI is InChI=1S/C14H16BrF2N3/c1-3-20-13(6-8(2)19-20)12(18)7-9-11(16)5-4-10(15)14(9)17/h4-6,12H,3,7,18H2,1-2H3. The highest BCUT2D eigenvalue weighted by molar-refractivity contribution is 9.10. The normalized spacial score (nSPS) is 12.7. The Hall–Kier alpha value is -1.27. The summed E-state index contributed by atoms with van der Waals surface area (Å²) < 4.78 is 29.7. The summed E-state index contributed by atoms with van der Waals surface area (Å²) in [5, 5.41) is 4.29. The Labute approximate surface area is 124 Å². The van der Waals surface area contributed by atoms with Crippen LogP contribution in [-0.2, 0) is 13.0 Å². The van der Waals surface area contributed by atoms with Gasteiger partial charge in [-0.15, -0.1) is 0 Å². The zero-order valence-corrected chi connectivity index (χ0v) is 12.9. The number of rotatable bonds is 4. The maximum atomic E-state index is 14.0. The van der Waals surface area contributed by atoms with Gasteiger partial charge in [0, 0.05) is 12.1 Å². The van der Waals surface area contributed by atoms with Gasteiger partial charge in [-0.2, -0.15) is 5.10 Å². The molecule has 2 aromatic rings. The zero-order valence-electron chi connectivity index (χ0n) is 11.3. The second kappa shape index (κ2) is 6.01. The van der Waals surface area contributed by atoms with Crippen molar-refractivity contribution >= 4 is 15.9 Å². The lowest BCUT2D eigenvalue weighted by molar-refractivity contribution is 0.517. The second-order valence-electron chi connectivity index (χ2n) is 4.66. The first-order valence-electron chi connectivity index (χ1n) is 6.36. The molecule has 0 radical (unpaired) electrons. The van der Waals surface area contributed by atoms with E-state index in [0.29, 0.717) is 6.54 Å². The molecule has 2 N–H and O–H groups in total. The maximum Gasteiger partial charge on any atom is 0.143 e. The lowest BCUT2D eigenvalue weighted by Gasteiger charge is -2.15. The molecule has 1 unspecified atom stereocenters. The van der Waals surface area contributed by atoms with Crippen LogP contribution in [0, 0.1) is 18.6 Å². The minimum absolute atomic E-state index is 0.00613. The van der Waals surface area contributed by atoms with Gasteiger partial charge in [-0.1, -0.05) is 0 Å². The molecule has 0 saturated heterocycles. The number of hydrogen-bond donors (Lipinski definition) is 1. The fourth-order valence-corrected chi connectivity index (χ4v) is 2.57. The summed E-state index contributed by atoms with van der Waals surface area (Å²) in [5.41, 5.74) is 7.71. The van der Waals surface area contributed by atoms with Crippen LogP contribution < -0.4 is 5.73 Å². The largest absolute Gasteiger partial charge is 0.322 e. The Morgan fingerprint density at radius 2 is 2.10 bits per heavy atom. The molecule has 0 spiro atoms. The number of nitrogens with zero attached hydrogens (tertiary/aromatic N) is 2. The van der Waals surface area contributed by atoms with Crippen LogP contribution in [0.2, 0.25) is 0 Å². The molecule has 6 heteroatoms. The van der Waals surface area contributed by atoms with E-state index in [0.717, 1.165) is 11.4 Å². The molecule has 0 aliphatic carbocycles. The molecule has 0 bridgehead atoms. The highest BCUT2D eigenvalue weighted by Crippen LogP contribution is 2.26. The topological polar surface area (TPSA) is 43.8 Å². The van der Waals surface area contributed by atoms with Crippen LogP contribution in [0.5, 0.6) is 0 Å². The maximum absolute atomic E-state index is 14.0. The van der Waals surface area contributed by atoms with E-state index in [9.17, 15) is 8.78 Å². The molecule has 2 rings (SSSR count). The van der Waals surface area contributed by atoms with Crippen LogP contribution in [0.3, 0.4) is 0 Å². The van der Waals surface area contributed by atoms with Crippen molar-refractivity contribution in [2.45, 2.75) is 32.9 Å². The van der Waals surface area contributed by atoms with Crippen molar-refractivity contribution < 1.29 is 8.78 Å². The van der Waals surface area contributed by atoms with Gasteiger partial charge < -0.3 is 5.73 Å². The van der Waals surface area contributed by atoms with Crippen molar-refractivity contribution in [3.05, 3.63) is 51.3 Å². The molecule has 20 heavy (non-hydrogen) atoms. The lowest BCUT2D eigenvalue weighted by atomic mass is 10.0. The van der Waals surface area contributed by atoms with Crippen molar-refractivity contribution in [1.29, 1.82) is 0 Å². The number of aromatic nitrogens is 2. The Morgan fingerprint density at radius 3 is 2.75 bits per heavy atom. The first kappa shape index (κ1) is 15.1. The molecule has 0 aliphatic rings. The van der Waals surface area contributed by atoms with Crippen LogP contribution in [-0.4, -0.2) is 9.78 Å². The van der Waals surface area contributed by atoms with E-state index < -0.39 is 17.7 Å². The summed E-state index contributed by atoms with van der Waals surface area (Å²) in [6.45, 7) is 4.48. The van der Waals surface area contributed by atoms with Gasteiger partial charge in [0.1, 0.15) is 11.6 Å². The third-order valence-corrected chi connectivity index (χ3v) is 3.79. The third kappa shape index (κ3) is 2.91. The quantitative estimate of drug-likeness (QED) is 0.863. The summed E-state index contributed by atoms with van der Waals surface area (Å²) in [6, 6.07) is 3.93. The Morgan fingerprint density at radius 1 is 1.40 bits per heavy atom. The molecule has 0 fully saturated rings. The molecule has 0 aliphatic heterocycles. The minimum atomic E-state index is -0.597. The fraction of sp³-hybridized carbons (Fsp3) is 0.357. The van der Waals surface area contributed by atoms with Crippen LogP contribution >= 0.6 is 15.9 Å². The molecule has 1 aromatic heterocycles. The zero-order chi connectivity index (χ0) is 14.9. The van der Waals surface area contributed by atoms with Crippen LogP contribution in [0.15, 0.2) is 22.7 Å². The smallest absolute Gasteiger partial charge is 0.143 e. The lowest BCUT2D eigenvalue weighted by Crippen LogP contribution is -2.19. The molecule has 1 atom stereocenters. The van der Waals surface area contributed by atoms with E-state index in [2.05, 4.69) is 21.0 Å². The van der Waals surface area contributed by atoms with Crippen LogP contribution in [0.25, 0.3) is 0 Å². The first-order valence-corrected chi connectivity index (χ1v) is 7.15. The highest BCUT2D eigenvalue weighted by Gasteiger charge is 2.19. The average Bonchev–Trinajstić information content (AvgIpc) is 2.80. The third-order valence-electron chi connectivity index (χ3n) is 3.18. The SMILES string of the molecule is CCn1nc(C)cc1C(N)Cc1c(F)ccc(Br)c1F. The van der Waals surface area contributed by atoms with E-state index in [-0.39, 0.29) is 16.5 Å². The van der Waals surface area contributed by atoms with E-state index in [4.69, 9.17) is 5.73 Å². The fourth-order valence-electron chi connectivity index (χ4n) is 2.20. The van der Waals surface area contributed by atoms with Crippen molar-refractivity contribution in [3.8, 4) is 0 Å². The van der Waals surface area contributed by atoms with Gasteiger partial charge in [-0.05, 0) is 54.4 Å². The molecule has 1 aromatic carbocycles. The Kier molecular flexibility index (Phi) is 4.55. The number of halogens is 3. The molecule has 108 valence electrons. The van der Waals surface area contributed by atoms with Gasteiger partial charge in [0.05, 0.1) is 21.9 Å². The first-order chi connectivity index (χ1) is 9.43. The summed E-state index contributed by atoms with van der Waals surface area (Å²) in [4.78, 5) is 0. The highest BCUT2D eigenvalue weighted by atomic mass is 79.9. The summed E-state index contributed by atoms with van der Waals surface area (Å²) in [7, 11) is 0. The minimum Gasteiger partial charge on any atom is -0.322 e. The molecular weight excluding hydrogens is 328 g/mol. The van der Waals surface area contributed by atoms with Gasteiger partial charge in [0.15, 0.2) is 0 Å². The van der Waals surface area contributed by atoms with Crippen molar-refractivity contribution in [1.82, 2.24) is 9.78 Å². The van der Waals surface area contributed by atoms with E-state index >= 15 is 0 Å². The molecule has 3 nitrogen and oxygen atoms in total. The van der Waals surface area contributed by atoms with Crippen molar-refractivity contribution in [2.24, 2.45) is 5.73 Å². The predicted octanol–water partition coefficient (Wildman–Crippen LogP) is 3.49. The van der Waals surface area contributed by atoms with Gasteiger partial charge in [0.25, 0.3) is 0 Å². The number of hydrogen-bond acceptors (Lipinski definition) is 2. The second-order valence-corrected chi connectivity index (χ2v) is 5.51. The Balaban J connectivity index is 2.32. The number of aryl methyl sites for hydroxylation is 2. The van der Waals surface area contributed by atoms with E-state index in [1.165, 1.54) is 12.1 Å². The van der Waals surface area contributed by atoms with Gasteiger partial charge in [0.2, 0.25) is 0 Å². The van der Waals surface area contributed by atoms with E-state index in [1.54, 1.807) is 4.68 Å². The van der Waals surface area contributed by atoms with Crippen LogP contribution in [0.4, 0.5) is 8.78 Å². The molecule has 1 heterocycles. The number of nitrogens with two attached hydrogens (primary N) is 1. The Bertz CT molecular complexity index is 625. The van der Waals surface area contributed by atoms with Crippen molar-refractivity contribution in [3.63, 3.8) is 0 Å². The summed E-state index contributed by atoms with van der Waals surface area (Å²) in [5.74, 6) is -1.18. The van der Waals surface area contributed by atoms with E-state index in [1.807, 2.05) is 19.9 Å². The van der Waals surface area contributed by atoms with Gasteiger partial charge in [-0.25, -0.2) is 8.78 Å². The van der Waals surface area contributed by atoms with Gasteiger partial charge >= 0.3 is 0 Å². The van der Waals surface area contributed by atoms with Gasteiger partial charge in [-0.3, -0.25) is 4.68 Å². The molecule has 0 saturated carbocycles. The number of benzene rings is 1. The predicted molar refractivity (Wildman–Crippen MR) is 77.3 cm³/mol. The molecule has 0 amide bonds. The van der Waals surface area contributed by atoms with Crippen LogP contribution in [0.1, 0.15) is 29.9 Å².